The van der Waals surface area contributed by atoms with E-state index in [0.717, 1.165) is 24.3 Å². The average molecular weight is 445 g/mol. The standard InChI is InChI=1S/C17H12Cl2F6N2O/c18-7-1-3-11(26)9(5-7)13(16(20,21)22)15(28)14(17(23,24)25)10-6-8(19)2-4-12(10)27/h1-6,13-14H,26-27H2. The van der Waals surface area contributed by atoms with Gasteiger partial charge in [-0.05, 0) is 47.5 Å². The number of Topliss-reactive ketones (excluding diaryl/α,β-unsaturated/α-hetero) is 1. The number of anilines is 2. The van der Waals surface area contributed by atoms with Crippen molar-refractivity contribution in [3.8, 4) is 0 Å². The van der Waals surface area contributed by atoms with Crippen molar-refractivity contribution >= 4 is 40.4 Å². The lowest BCUT2D eigenvalue weighted by molar-refractivity contribution is -0.183. The number of nitrogens with two attached hydrogens (primary N) is 2. The highest BCUT2D eigenvalue weighted by Crippen LogP contribution is 2.47. The van der Waals surface area contributed by atoms with Gasteiger partial charge in [-0.2, -0.15) is 26.3 Å². The summed E-state index contributed by atoms with van der Waals surface area (Å²) in [6.45, 7) is 0. The van der Waals surface area contributed by atoms with Crippen LogP contribution in [0, 0.1) is 0 Å². The minimum absolute atomic E-state index is 0.225. The van der Waals surface area contributed by atoms with E-state index in [0.29, 0.717) is 12.1 Å². The molecule has 0 fully saturated rings. The van der Waals surface area contributed by atoms with Gasteiger partial charge < -0.3 is 11.5 Å². The van der Waals surface area contributed by atoms with E-state index in [9.17, 15) is 31.1 Å². The molecule has 2 unspecified atom stereocenters. The molecule has 2 rings (SSSR count). The summed E-state index contributed by atoms with van der Waals surface area (Å²) in [6, 6.07) is 5.66. The third-order valence-corrected chi connectivity index (χ3v) is 4.41. The number of nitrogen functional groups attached to an aromatic ring is 2. The van der Waals surface area contributed by atoms with Gasteiger partial charge >= 0.3 is 12.4 Å². The molecule has 3 nitrogen and oxygen atoms in total. The SMILES string of the molecule is Nc1ccc(Cl)cc1C(C(=O)C(c1cc(Cl)ccc1N)C(F)(F)F)C(F)(F)F. The lowest BCUT2D eigenvalue weighted by Crippen LogP contribution is -2.38. The zero-order valence-corrected chi connectivity index (χ0v) is 15.2. The number of hydrogen-bond acceptors (Lipinski definition) is 3. The molecule has 0 saturated carbocycles. The Bertz CT molecular complexity index is 827. The van der Waals surface area contributed by atoms with Crippen molar-refractivity contribution in [2.24, 2.45) is 0 Å². The summed E-state index contributed by atoms with van der Waals surface area (Å²) < 4.78 is 82.0. The van der Waals surface area contributed by atoms with Crippen LogP contribution < -0.4 is 11.5 Å². The van der Waals surface area contributed by atoms with Crippen molar-refractivity contribution in [2.45, 2.75) is 24.2 Å². The van der Waals surface area contributed by atoms with Crippen LogP contribution in [0.25, 0.3) is 0 Å². The Morgan fingerprint density at radius 1 is 0.750 bits per heavy atom. The summed E-state index contributed by atoms with van der Waals surface area (Å²) in [5.41, 5.74) is 8.17. The highest BCUT2D eigenvalue weighted by molar-refractivity contribution is 6.31. The number of alkyl halides is 6. The quantitative estimate of drug-likeness (QED) is 0.468. The lowest BCUT2D eigenvalue weighted by Gasteiger charge is -2.28. The Morgan fingerprint density at radius 3 is 1.36 bits per heavy atom. The molecule has 0 bridgehead atoms. The van der Waals surface area contributed by atoms with Gasteiger partial charge in [0.05, 0.1) is 0 Å². The van der Waals surface area contributed by atoms with Crippen molar-refractivity contribution in [3.63, 3.8) is 0 Å². The van der Waals surface area contributed by atoms with Gasteiger partial charge in [-0.15, -0.1) is 0 Å². The fraction of sp³-hybridized carbons (Fsp3) is 0.235. The minimum atomic E-state index is -5.37. The first-order chi connectivity index (χ1) is 12.7. The monoisotopic (exact) mass is 444 g/mol. The molecule has 152 valence electrons. The fourth-order valence-electron chi connectivity index (χ4n) is 2.74. The van der Waals surface area contributed by atoms with E-state index in [2.05, 4.69) is 0 Å². The number of carbonyl (C=O) groups is 1. The molecule has 0 radical (unpaired) electrons. The maximum atomic E-state index is 13.7. The average Bonchev–Trinajstić information content (AvgIpc) is 2.52. The number of halogens is 8. The molecule has 2 aromatic rings. The van der Waals surface area contributed by atoms with Crippen LogP contribution in [0.4, 0.5) is 37.7 Å². The van der Waals surface area contributed by atoms with E-state index in [1.807, 2.05) is 0 Å². The number of rotatable bonds is 4. The van der Waals surface area contributed by atoms with Gasteiger partial charge in [0.25, 0.3) is 0 Å². The summed E-state index contributed by atoms with van der Waals surface area (Å²) in [6.07, 6.45) is -10.7. The molecule has 0 saturated heterocycles. The van der Waals surface area contributed by atoms with Gasteiger partial charge in [0, 0.05) is 21.4 Å². The molecule has 0 aliphatic rings. The second-order valence-electron chi connectivity index (χ2n) is 5.90. The van der Waals surface area contributed by atoms with E-state index in [1.165, 1.54) is 0 Å². The molecule has 0 aliphatic carbocycles. The number of ketones is 1. The maximum Gasteiger partial charge on any atom is 0.402 e. The fourth-order valence-corrected chi connectivity index (χ4v) is 3.10. The van der Waals surface area contributed by atoms with Crippen LogP contribution in [-0.2, 0) is 4.79 Å². The normalized spacial score (nSPS) is 14.6. The van der Waals surface area contributed by atoms with Gasteiger partial charge in [-0.25, -0.2) is 0 Å². The van der Waals surface area contributed by atoms with E-state index in [1.54, 1.807) is 0 Å². The zero-order chi connectivity index (χ0) is 21.4. The molecule has 2 aromatic carbocycles. The van der Waals surface area contributed by atoms with E-state index < -0.39 is 52.5 Å². The molecule has 0 heterocycles. The van der Waals surface area contributed by atoms with Crippen molar-refractivity contribution < 1.29 is 31.1 Å². The van der Waals surface area contributed by atoms with Gasteiger partial charge in [0.15, 0.2) is 5.78 Å². The zero-order valence-electron chi connectivity index (χ0n) is 13.7. The Morgan fingerprint density at radius 2 is 1.07 bits per heavy atom. The summed E-state index contributed by atoms with van der Waals surface area (Å²) in [4.78, 5) is 12.6. The summed E-state index contributed by atoms with van der Waals surface area (Å²) in [5.74, 6) is -8.53. The first-order valence-electron chi connectivity index (χ1n) is 7.50. The first-order valence-corrected chi connectivity index (χ1v) is 8.26. The number of benzene rings is 2. The first kappa shape index (κ1) is 22.2. The molecule has 28 heavy (non-hydrogen) atoms. The smallest absolute Gasteiger partial charge is 0.398 e. The molecule has 0 amide bonds. The van der Waals surface area contributed by atoms with Crippen LogP contribution >= 0.6 is 23.2 Å². The summed E-state index contributed by atoms with van der Waals surface area (Å²) in [7, 11) is 0. The highest BCUT2D eigenvalue weighted by atomic mass is 35.5. The van der Waals surface area contributed by atoms with Crippen molar-refractivity contribution in [1.29, 1.82) is 0 Å². The molecule has 2 atom stereocenters. The van der Waals surface area contributed by atoms with Crippen LogP contribution in [0.15, 0.2) is 36.4 Å². The second-order valence-corrected chi connectivity index (χ2v) is 6.77. The largest absolute Gasteiger partial charge is 0.402 e. The predicted molar refractivity (Wildman–Crippen MR) is 94.3 cm³/mol. The minimum Gasteiger partial charge on any atom is -0.398 e. The van der Waals surface area contributed by atoms with Crippen LogP contribution in [0.1, 0.15) is 23.0 Å². The molecule has 0 aromatic heterocycles. The third kappa shape index (κ3) is 4.64. The van der Waals surface area contributed by atoms with Gasteiger partial charge in [0.1, 0.15) is 11.8 Å². The molecule has 0 spiro atoms. The Balaban J connectivity index is 2.72. The Kier molecular flexibility index (Phi) is 6.10. The van der Waals surface area contributed by atoms with Crippen LogP contribution in [0.3, 0.4) is 0 Å². The summed E-state index contributed by atoms with van der Waals surface area (Å²) in [5, 5.41) is -0.450. The lowest BCUT2D eigenvalue weighted by atomic mass is 9.81. The van der Waals surface area contributed by atoms with E-state index in [-0.39, 0.29) is 10.0 Å². The highest BCUT2D eigenvalue weighted by Gasteiger charge is 2.56. The van der Waals surface area contributed by atoms with Crippen LogP contribution in [-0.4, -0.2) is 18.1 Å². The van der Waals surface area contributed by atoms with Crippen LogP contribution in [0.2, 0.25) is 10.0 Å². The molecule has 11 heteroatoms. The number of hydrogen-bond donors (Lipinski definition) is 2. The van der Waals surface area contributed by atoms with Gasteiger partial charge in [-0.3, -0.25) is 4.79 Å². The molecule has 4 N–H and O–H groups in total. The predicted octanol–water partition coefficient (Wildman–Crippen LogP) is 5.72. The van der Waals surface area contributed by atoms with Crippen molar-refractivity contribution in [2.75, 3.05) is 11.5 Å². The van der Waals surface area contributed by atoms with Crippen LogP contribution in [0.5, 0.6) is 0 Å². The van der Waals surface area contributed by atoms with Crippen molar-refractivity contribution in [1.82, 2.24) is 0 Å². The Labute approximate surface area is 165 Å². The third-order valence-electron chi connectivity index (χ3n) is 3.94. The molecule has 0 aliphatic heterocycles. The number of carbonyl (C=O) groups excluding carboxylic acids is 1. The van der Waals surface area contributed by atoms with E-state index in [4.69, 9.17) is 34.7 Å². The van der Waals surface area contributed by atoms with Crippen molar-refractivity contribution in [3.05, 3.63) is 57.6 Å². The summed E-state index contributed by atoms with van der Waals surface area (Å²) >= 11 is 11.3. The second kappa shape index (κ2) is 7.71. The van der Waals surface area contributed by atoms with Gasteiger partial charge in [0.2, 0.25) is 0 Å². The van der Waals surface area contributed by atoms with E-state index >= 15 is 0 Å². The maximum absolute atomic E-state index is 13.7. The molecular weight excluding hydrogens is 433 g/mol. The molecular formula is C17H12Cl2F6N2O. The Hall–Kier alpha value is -2.13. The van der Waals surface area contributed by atoms with Gasteiger partial charge in [-0.1, -0.05) is 23.2 Å². The topological polar surface area (TPSA) is 69.1 Å².